The predicted octanol–water partition coefficient (Wildman–Crippen LogP) is 3.69. The fraction of sp³-hybridized carbons (Fsp3) is 0.400. The van der Waals surface area contributed by atoms with Crippen LogP contribution < -0.4 is 0 Å². The number of carboxylic acids is 1. The number of aliphatic carboxylic acids is 1. The average Bonchev–Trinajstić information content (AvgIpc) is 2.61. The summed E-state index contributed by atoms with van der Waals surface area (Å²) in [6.07, 6.45) is 0.181. The number of H-pyrrole nitrogens is 1. The van der Waals surface area contributed by atoms with Gasteiger partial charge in [-0.05, 0) is 30.4 Å². The van der Waals surface area contributed by atoms with Crippen molar-refractivity contribution in [2.45, 2.75) is 33.1 Å². The minimum absolute atomic E-state index is 0.0543. The summed E-state index contributed by atoms with van der Waals surface area (Å²) in [6.45, 7) is 6.18. The molecule has 3 heteroatoms. The molecule has 1 atom stereocenters. The van der Waals surface area contributed by atoms with Gasteiger partial charge < -0.3 is 10.1 Å². The van der Waals surface area contributed by atoms with Crippen LogP contribution in [-0.2, 0) is 4.79 Å². The maximum Gasteiger partial charge on any atom is 0.303 e. The van der Waals surface area contributed by atoms with Gasteiger partial charge in [0.15, 0.2) is 0 Å². The Labute approximate surface area is 107 Å². The molecule has 96 valence electrons. The molecule has 0 saturated carbocycles. The summed E-state index contributed by atoms with van der Waals surface area (Å²) in [5.41, 5.74) is 3.32. The lowest BCUT2D eigenvalue weighted by molar-refractivity contribution is -0.137. The van der Waals surface area contributed by atoms with Crippen molar-refractivity contribution in [2.75, 3.05) is 0 Å². The molecule has 3 nitrogen and oxygen atoms in total. The summed E-state index contributed by atoms with van der Waals surface area (Å²) in [7, 11) is 0. The van der Waals surface area contributed by atoms with Gasteiger partial charge >= 0.3 is 5.97 Å². The summed E-state index contributed by atoms with van der Waals surface area (Å²) in [6, 6.07) is 8.08. The van der Waals surface area contributed by atoms with Crippen molar-refractivity contribution < 1.29 is 9.90 Å². The smallest absolute Gasteiger partial charge is 0.303 e. The third-order valence-electron chi connectivity index (χ3n) is 3.51. The Kier molecular flexibility index (Phi) is 3.41. The minimum Gasteiger partial charge on any atom is -0.481 e. The number of carboxylic acid groups (broad SMARTS) is 1. The van der Waals surface area contributed by atoms with Gasteiger partial charge in [0.1, 0.15) is 0 Å². The standard InChI is InChI=1S/C15H19NO2/c1-9(2)12(8-14(17)18)15-10(3)16-13-7-5-4-6-11(13)15/h4-7,9,12,16H,8H2,1-3H3,(H,17,18). The van der Waals surface area contributed by atoms with E-state index in [0.717, 1.165) is 22.2 Å². The van der Waals surface area contributed by atoms with Gasteiger partial charge in [-0.3, -0.25) is 4.79 Å². The van der Waals surface area contributed by atoms with E-state index in [1.165, 1.54) is 0 Å². The van der Waals surface area contributed by atoms with Crippen LogP contribution >= 0.6 is 0 Å². The second kappa shape index (κ2) is 4.84. The molecule has 0 aliphatic heterocycles. The molecule has 1 aromatic heterocycles. The SMILES string of the molecule is Cc1[nH]c2ccccc2c1C(CC(=O)O)C(C)C. The number of aromatic nitrogens is 1. The van der Waals surface area contributed by atoms with Gasteiger partial charge in [0.2, 0.25) is 0 Å². The van der Waals surface area contributed by atoms with Crippen molar-refractivity contribution in [3.63, 3.8) is 0 Å². The first-order chi connectivity index (χ1) is 8.50. The zero-order valence-corrected chi connectivity index (χ0v) is 11.0. The number of hydrogen-bond acceptors (Lipinski definition) is 1. The number of benzene rings is 1. The van der Waals surface area contributed by atoms with E-state index in [0.29, 0.717) is 5.92 Å². The topological polar surface area (TPSA) is 53.1 Å². The quantitative estimate of drug-likeness (QED) is 0.863. The van der Waals surface area contributed by atoms with Crippen molar-refractivity contribution in [2.24, 2.45) is 5.92 Å². The maximum absolute atomic E-state index is 11.0. The summed E-state index contributed by atoms with van der Waals surface area (Å²) >= 11 is 0. The molecule has 0 amide bonds. The number of aryl methyl sites for hydroxylation is 1. The Morgan fingerprint density at radius 3 is 2.61 bits per heavy atom. The third-order valence-corrected chi connectivity index (χ3v) is 3.51. The third kappa shape index (κ3) is 2.26. The minimum atomic E-state index is -0.738. The molecule has 2 N–H and O–H groups in total. The van der Waals surface area contributed by atoms with Crippen LogP contribution in [0.1, 0.15) is 37.4 Å². The Bertz CT molecular complexity index is 569. The van der Waals surface area contributed by atoms with Crippen molar-refractivity contribution in [1.29, 1.82) is 0 Å². The fourth-order valence-corrected chi connectivity index (χ4v) is 2.64. The number of para-hydroxylation sites is 1. The highest BCUT2D eigenvalue weighted by atomic mass is 16.4. The number of hydrogen-bond donors (Lipinski definition) is 2. The first kappa shape index (κ1) is 12.7. The molecule has 2 aromatic rings. The fourth-order valence-electron chi connectivity index (χ4n) is 2.64. The molecule has 0 radical (unpaired) electrons. The van der Waals surface area contributed by atoms with Crippen molar-refractivity contribution in [3.05, 3.63) is 35.5 Å². The molecule has 18 heavy (non-hydrogen) atoms. The van der Waals surface area contributed by atoms with E-state index in [4.69, 9.17) is 5.11 Å². The van der Waals surface area contributed by atoms with Crippen LogP contribution in [-0.4, -0.2) is 16.1 Å². The Balaban J connectivity index is 2.56. The van der Waals surface area contributed by atoms with Crippen molar-refractivity contribution >= 4 is 16.9 Å². The Morgan fingerprint density at radius 2 is 2.00 bits per heavy atom. The molecule has 0 fully saturated rings. The molecule has 0 aliphatic rings. The number of rotatable bonds is 4. The Morgan fingerprint density at radius 1 is 1.33 bits per heavy atom. The first-order valence-corrected chi connectivity index (χ1v) is 6.29. The molecule has 1 heterocycles. The molecular weight excluding hydrogens is 226 g/mol. The molecule has 0 bridgehead atoms. The van der Waals surface area contributed by atoms with E-state index >= 15 is 0 Å². The average molecular weight is 245 g/mol. The number of carbonyl (C=O) groups is 1. The molecule has 0 aliphatic carbocycles. The normalized spacial score (nSPS) is 13.1. The largest absolute Gasteiger partial charge is 0.481 e. The lowest BCUT2D eigenvalue weighted by Crippen LogP contribution is -2.12. The van der Waals surface area contributed by atoms with Crippen LogP contribution in [0.2, 0.25) is 0 Å². The van der Waals surface area contributed by atoms with Crippen LogP contribution in [0.15, 0.2) is 24.3 Å². The maximum atomic E-state index is 11.0. The van der Waals surface area contributed by atoms with Crippen molar-refractivity contribution in [1.82, 2.24) is 4.98 Å². The second-order valence-electron chi connectivity index (χ2n) is 5.16. The van der Waals surface area contributed by atoms with Gasteiger partial charge in [-0.15, -0.1) is 0 Å². The highest BCUT2D eigenvalue weighted by molar-refractivity contribution is 5.85. The van der Waals surface area contributed by atoms with Crippen LogP contribution in [0.25, 0.3) is 10.9 Å². The van der Waals surface area contributed by atoms with E-state index in [1.54, 1.807) is 0 Å². The van der Waals surface area contributed by atoms with Crippen LogP contribution in [0, 0.1) is 12.8 Å². The van der Waals surface area contributed by atoms with Gasteiger partial charge in [-0.2, -0.15) is 0 Å². The molecular formula is C15H19NO2. The summed E-state index contributed by atoms with van der Waals surface area (Å²) in [5.74, 6) is -0.379. The second-order valence-corrected chi connectivity index (χ2v) is 5.16. The zero-order valence-electron chi connectivity index (χ0n) is 11.0. The summed E-state index contributed by atoms with van der Waals surface area (Å²) in [5, 5.41) is 10.2. The summed E-state index contributed by atoms with van der Waals surface area (Å²) in [4.78, 5) is 14.4. The van der Waals surface area contributed by atoms with E-state index < -0.39 is 5.97 Å². The van der Waals surface area contributed by atoms with Gasteiger partial charge in [0.25, 0.3) is 0 Å². The number of aromatic amines is 1. The summed E-state index contributed by atoms with van der Waals surface area (Å²) < 4.78 is 0. The predicted molar refractivity (Wildman–Crippen MR) is 72.9 cm³/mol. The van der Waals surface area contributed by atoms with Crippen LogP contribution in [0.5, 0.6) is 0 Å². The highest BCUT2D eigenvalue weighted by Crippen LogP contribution is 2.35. The first-order valence-electron chi connectivity index (χ1n) is 6.29. The van der Waals surface area contributed by atoms with Crippen LogP contribution in [0.3, 0.4) is 0 Å². The van der Waals surface area contributed by atoms with Gasteiger partial charge in [-0.1, -0.05) is 32.0 Å². The van der Waals surface area contributed by atoms with E-state index in [1.807, 2.05) is 25.1 Å². The molecule has 0 saturated heterocycles. The zero-order chi connectivity index (χ0) is 13.3. The van der Waals surface area contributed by atoms with Gasteiger partial charge in [0.05, 0.1) is 6.42 Å². The Hall–Kier alpha value is -1.77. The van der Waals surface area contributed by atoms with E-state index in [9.17, 15) is 4.79 Å². The van der Waals surface area contributed by atoms with Gasteiger partial charge in [0, 0.05) is 16.6 Å². The van der Waals surface area contributed by atoms with Gasteiger partial charge in [-0.25, -0.2) is 0 Å². The number of fused-ring (bicyclic) bond motifs is 1. The highest BCUT2D eigenvalue weighted by Gasteiger charge is 2.24. The number of nitrogens with one attached hydrogen (secondary N) is 1. The lowest BCUT2D eigenvalue weighted by Gasteiger charge is -2.19. The van der Waals surface area contributed by atoms with Crippen molar-refractivity contribution in [3.8, 4) is 0 Å². The van der Waals surface area contributed by atoms with Crippen LogP contribution in [0.4, 0.5) is 0 Å². The molecule has 1 aromatic carbocycles. The monoisotopic (exact) mass is 245 g/mol. The van der Waals surface area contributed by atoms with E-state index in [2.05, 4.69) is 24.9 Å². The van der Waals surface area contributed by atoms with E-state index in [-0.39, 0.29) is 12.3 Å². The lowest BCUT2D eigenvalue weighted by atomic mass is 9.84. The molecule has 1 unspecified atom stereocenters. The molecule has 0 spiro atoms. The molecule has 2 rings (SSSR count).